The van der Waals surface area contributed by atoms with Gasteiger partial charge in [0.05, 0.1) is 0 Å². The summed E-state index contributed by atoms with van der Waals surface area (Å²) in [6, 6.07) is 31.8. The Kier molecular flexibility index (Phi) is 15.0. The van der Waals surface area contributed by atoms with Gasteiger partial charge in [0.25, 0.3) is 0 Å². The third-order valence-corrected chi connectivity index (χ3v) is 37.7. The molecule has 0 amide bonds. The van der Waals surface area contributed by atoms with Crippen molar-refractivity contribution in [3.05, 3.63) is 129 Å². The van der Waals surface area contributed by atoms with Crippen LogP contribution in [0, 0.1) is 11.8 Å². The van der Waals surface area contributed by atoms with E-state index in [2.05, 4.69) is 122 Å². The van der Waals surface area contributed by atoms with Crippen LogP contribution in [0.25, 0.3) is 34.4 Å². The topological polar surface area (TPSA) is 0 Å². The molecule has 2 atom stereocenters. The molecule has 4 aliphatic rings. The van der Waals surface area contributed by atoms with Crippen LogP contribution in [0.2, 0.25) is 8.76 Å². The number of benzene rings is 4. The molecule has 59 heavy (non-hydrogen) atoms. The second-order valence-corrected chi connectivity index (χ2v) is 47.6. The van der Waals surface area contributed by atoms with Crippen LogP contribution in [0.1, 0.15) is 138 Å². The minimum atomic E-state index is -4.77. The summed E-state index contributed by atoms with van der Waals surface area (Å²) in [4.78, 5) is 0. The van der Waals surface area contributed by atoms with Crippen LogP contribution in [0.3, 0.4) is 0 Å². The van der Waals surface area contributed by atoms with Crippen molar-refractivity contribution in [2.75, 3.05) is 0 Å². The molecule has 7 heteroatoms. The van der Waals surface area contributed by atoms with Crippen LogP contribution in [-0.4, -0.2) is 13.1 Å². The van der Waals surface area contributed by atoms with Crippen molar-refractivity contribution < 1.29 is 30.6 Å². The van der Waals surface area contributed by atoms with Gasteiger partial charge in [0, 0.05) is 0 Å². The van der Waals surface area contributed by atoms with Gasteiger partial charge in [-0.15, -0.1) is 24.8 Å². The van der Waals surface area contributed by atoms with Crippen molar-refractivity contribution in [3.63, 3.8) is 0 Å². The van der Waals surface area contributed by atoms with Gasteiger partial charge < -0.3 is 0 Å². The van der Waals surface area contributed by atoms with E-state index in [1.54, 1.807) is 0 Å². The molecule has 0 nitrogen and oxygen atoms in total. The number of fused-ring (bicyclic) bond motifs is 2. The second-order valence-electron chi connectivity index (χ2n) is 19.2. The zero-order chi connectivity index (χ0) is 39.8. The number of allylic oxidation sites excluding steroid dienone is 2. The summed E-state index contributed by atoms with van der Waals surface area (Å²) in [7, 11) is 0. The molecule has 0 heterocycles. The normalized spacial score (nSPS) is 19.5. The van der Waals surface area contributed by atoms with E-state index in [4.69, 9.17) is 0 Å². The Labute approximate surface area is 367 Å². The summed E-state index contributed by atoms with van der Waals surface area (Å²) < 4.78 is 47.7. The fourth-order valence-electron chi connectivity index (χ4n) is 12.2. The van der Waals surface area contributed by atoms with E-state index in [1.165, 1.54) is 118 Å². The molecule has 2 saturated carbocycles. The molecule has 0 saturated heterocycles. The number of aryl methyl sites for hydroxylation is 2. The van der Waals surface area contributed by atoms with Gasteiger partial charge in [-0.25, -0.2) is 0 Å². The summed E-state index contributed by atoms with van der Waals surface area (Å²) in [5.41, 5.74) is 15.7. The Morgan fingerprint density at radius 1 is 0.593 bits per heavy atom. The van der Waals surface area contributed by atoms with Gasteiger partial charge in [-0.05, 0) is 0 Å². The average molecular weight is 937 g/mol. The predicted molar refractivity (Wildman–Crippen MR) is 251 cm³/mol. The summed E-state index contributed by atoms with van der Waals surface area (Å²) >= 11 is -4.77. The summed E-state index contributed by atoms with van der Waals surface area (Å²) in [6.07, 6.45) is 16.5. The third kappa shape index (κ3) is 9.60. The van der Waals surface area contributed by atoms with Gasteiger partial charge in [-0.2, -0.15) is 0 Å². The predicted octanol–water partition coefficient (Wildman–Crippen LogP) is 16.2. The monoisotopic (exact) mass is 934 g/mol. The maximum atomic E-state index is 14.9. The van der Waals surface area contributed by atoms with Gasteiger partial charge in [0.15, 0.2) is 0 Å². The Bertz CT molecular complexity index is 2060. The SMILES string of the molecule is CCCc1ccc(-c2cccc3c2C=C(CC2CCCC2)[CH]3[Zr]([CH3])(=[SiH2])([CH2]CC(F)(F)F)[CH]2C(CC3CCCC3)=Cc3c(-c4ccc(CCC)cc4)cccc32)cc1.Cl.Cl. The van der Waals surface area contributed by atoms with Crippen LogP contribution < -0.4 is 0 Å². The van der Waals surface area contributed by atoms with E-state index in [-0.39, 0.29) is 36.2 Å². The van der Waals surface area contributed by atoms with Gasteiger partial charge >= 0.3 is 345 Å². The first-order valence-corrected chi connectivity index (χ1v) is 35.4. The van der Waals surface area contributed by atoms with E-state index in [9.17, 15) is 13.2 Å². The van der Waals surface area contributed by atoms with E-state index in [1.807, 2.05) is 0 Å². The molecule has 8 rings (SSSR count). The van der Waals surface area contributed by atoms with E-state index in [0.717, 1.165) is 38.5 Å². The number of hydrogen-bond acceptors (Lipinski definition) is 0. The molecular formula is C52H65Cl2F3SiZr. The summed E-state index contributed by atoms with van der Waals surface area (Å²) in [5.74, 6) is 1.23. The van der Waals surface area contributed by atoms with Crippen LogP contribution in [-0.2, 0) is 30.2 Å². The molecule has 4 aliphatic carbocycles. The minimum Gasteiger partial charge on any atom is -0.147 e. The molecule has 316 valence electrons. The second kappa shape index (κ2) is 19.1. The smallest absolute Gasteiger partial charge is 0.147 e. The molecule has 0 spiro atoms. The van der Waals surface area contributed by atoms with E-state index in [0.29, 0.717) is 11.8 Å². The van der Waals surface area contributed by atoms with Gasteiger partial charge in [0.2, 0.25) is 0 Å². The summed E-state index contributed by atoms with van der Waals surface area (Å²) in [5, 5.41) is 0. The summed E-state index contributed by atoms with van der Waals surface area (Å²) in [6.45, 7) is 6.61. The van der Waals surface area contributed by atoms with Crippen LogP contribution in [0.4, 0.5) is 13.2 Å². The van der Waals surface area contributed by atoms with E-state index < -0.39 is 30.0 Å². The van der Waals surface area contributed by atoms with Gasteiger partial charge in [-0.3, -0.25) is 0 Å². The Balaban J connectivity index is 0.00000293. The quantitative estimate of drug-likeness (QED) is 0.111. The number of rotatable bonds is 14. The molecule has 2 unspecified atom stereocenters. The Morgan fingerprint density at radius 3 is 1.34 bits per heavy atom. The largest absolute Gasteiger partial charge is 0.147 e. The molecule has 4 aromatic carbocycles. The number of halogens is 5. The zero-order valence-corrected chi connectivity index (χ0v) is 41.0. The fourth-order valence-corrected chi connectivity index (χ4v) is 35.9. The first kappa shape index (κ1) is 46.3. The molecule has 0 aliphatic heterocycles. The molecular weight excluding hydrogens is 872 g/mol. The van der Waals surface area contributed by atoms with Crippen LogP contribution in [0.5, 0.6) is 0 Å². The number of alkyl halides is 3. The standard InChI is InChI=1S/2C24H27.C3H4F3.CH3.2ClH.H2Si.Zr/c2*1-2-6-18-11-13-21(14-12-18)23-10-5-9-22-16-20(17-24(22)23)15-19-7-3-4-8-19;1-2-3(4,5)6;;;;;/h2*5,9-14,16-17,19H,2-4,6-8,15H2,1H3;1-2H2;1H3;2*1H;1H2;. The Morgan fingerprint density at radius 2 is 0.983 bits per heavy atom. The number of hydrogen-bond donors (Lipinski definition) is 0. The maximum Gasteiger partial charge on any atom is -0.147 e. The van der Waals surface area contributed by atoms with Crippen molar-refractivity contribution >= 4 is 43.8 Å². The average Bonchev–Trinajstić information content (AvgIpc) is 4.02. The minimum absolute atomic E-state index is 0. The van der Waals surface area contributed by atoms with E-state index >= 15 is 0 Å². The molecule has 0 bridgehead atoms. The van der Waals surface area contributed by atoms with Crippen molar-refractivity contribution in [2.24, 2.45) is 11.8 Å². The van der Waals surface area contributed by atoms with Crippen molar-refractivity contribution in [2.45, 2.75) is 132 Å². The van der Waals surface area contributed by atoms with Crippen LogP contribution >= 0.6 is 24.8 Å². The van der Waals surface area contributed by atoms with Gasteiger partial charge in [-0.1, -0.05) is 0 Å². The molecule has 0 radical (unpaired) electrons. The van der Waals surface area contributed by atoms with Gasteiger partial charge in [0.1, 0.15) is 0 Å². The van der Waals surface area contributed by atoms with Crippen molar-refractivity contribution in [1.82, 2.24) is 0 Å². The van der Waals surface area contributed by atoms with Crippen molar-refractivity contribution in [3.8, 4) is 22.3 Å². The first-order valence-electron chi connectivity index (χ1n) is 22.4. The molecule has 0 N–H and O–H groups in total. The van der Waals surface area contributed by atoms with Crippen molar-refractivity contribution in [1.29, 1.82) is 0 Å². The maximum absolute atomic E-state index is 14.9. The molecule has 4 aromatic rings. The third-order valence-electron chi connectivity index (χ3n) is 14.8. The Hall–Kier alpha value is -2.17. The fraction of sp³-hybridized carbons (Fsp3) is 0.462. The first-order chi connectivity index (χ1) is 27.4. The van der Waals surface area contributed by atoms with Crippen LogP contribution in [0.15, 0.2) is 96.1 Å². The zero-order valence-electron chi connectivity index (χ0n) is 35.5. The molecule has 0 aromatic heterocycles. The molecule has 2 fully saturated rings.